The molecule has 2 atom stereocenters. The van der Waals surface area contributed by atoms with E-state index in [1.807, 2.05) is 0 Å². The molecule has 0 spiro atoms. The van der Waals surface area contributed by atoms with Gasteiger partial charge in [-0.3, -0.25) is 0 Å². The van der Waals surface area contributed by atoms with Gasteiger partial charge in [-0.15, -0.1) is 0 Å². The average molecular weight is 86.1 g/mol. The smallest absolute Gasteiger partial charge is 0.0835 e. The Kier molecular flexibility index (Phi) is 0.821. The lowest BCUT2D eigenvalue weighted by Gasteiger charge is -1.83. The van der Waals surface area contributed by atoms with Gasteiger partial charge in [0.05, 0.1) is 6.17 Å². The maximum absolute atomic E-state index is 3.11. The Morgan fingerprint density at radius 3 is 2.33 bits per heavy atom. The van der Waals surface area contributed by atoms with E-state index in [1.165, 1.54) is 0 Å². The molecule has 1 aliphatic rings. The summed E-state index contributed by atoms with van der Waals surface area (Å²) in [6.07, 6.45) is 0.648. The number of hydrogen-bond donors (Lipinski definition) is 1. The molecule has 1 heterocycles. The zero-order valence-electron chi connectivity index (χ0n) is 4.23. The Hall–Kier alpha value is -0.0800. The van der Waals surface area contributed by atoms with E-state index in [-0.39, 0.29) is 0 Å². The molecule has 1 fully saturated rings. The van der Waals surface area contributed by atoms with Crippen molar-refractivity contribution in [2.45, 2.75) is 20.0 Å². The molecular formula is C4H10N2. The van der Waals surface area contributed by atoms with Crippen molar-refractivity contribution in [1.82, 2.24) is 10.4 Å². The van der Waals surface area contributed by atoms with Crippen molar-refractivity contribution in [1.29, 1.82) is 0 Å². The monoisotopic (exact) mass is 86.1 g/mol. The van der Waals surface area contributed by atoms with E-state index < -0.39 is 0 Å². The first kappa shape index (κ1) is 4.09. The van der Waals surface area contributed by atoms with Crippen molar-refractivity contribution in [3.8, 4) is 0 Å². The molecule has 1 unspecified atom stereocenters. The average Bonchev–Trinajstić information content (AvgIpc) is 2.19. The minimum atomic E-state index is 0.648. The van der Waals surface area contributed by atoms with Gasteiger partial charge in [0.1, 0.15) is 0 Å². The SMILES string of the molecule is CCN1N[C@H]1C. The van der Waals surface area contributed by atoms with Gasteiger partial charge in [-0.05, 0) is 6.92 Å². The predicted octanol–water partition coefficient (Wildman–Crippen LogP) is 0.173. The zero-order chi connectivity index (χ0) is 4.57. The van der Waals surface area contributed by atoms with Crippen molar-refractivity contribution < 1.29 is 0 Å². The van der Waals surface area contributed by atoms with Crippen LogP contribution in [0.1, 0.15) is 13.8 Å². The van der Waals surface area contributed by atoms with Gasteiger partial charge >= 0.3 is 0 Å². The zero-order valence-corrected chi connectivity index (χ0v) is 4.23. The molecule has 0 saturated carbocycles. The largest absolute Gasteiger partial charge is 0.235 e. The van der Waals surface area contributed by atoms with Crippen molar-refractivity contribution in [2.24, 2.45) is 0 Å². The molecule has 1 saturated heterocycles. The van der Waals surface area contributed by atoms with E-state index in [1.54, 1.807) is 0 Å². The number of nitrogens with one attached hydrogen (secondary N) is 1. The van der Waals surface area contributed by atoms with Crippen LogP contribution in [0.25, 0.3) is 0 Å². The first-order valence-corrected chi connectivity index (χ1v) is 2.37. The molecule has 2 heteroatoms. The molecule has 0 bridgehead atoms. The molecule has 2 nitrogen and oxygen atoms in total. The minimum absolute atomic E-state index is 0.648. The Bertz CT molecular complexity index is 51.5. The van der Waals surface area contributed by atoms with Crippen LogP contribution in [0.4, 0.5) is 0 Å². The molecule has 36 valence electrons. The summed E-state index contributed by atoms with van der Waals surface area (Å²) in [5.74, 6) is 0. The van der Waals surface area contributed by atoms with Crippen LogP contribution in [0.3, 0.4) is 0 Å². The third-order valence-electron chi connectivity index (χ3n) is 1.09. The second kappa shape index (κ2) is 1.21. The Morgan fingerprint density at radius 2 is 2.33 bits per heavy atom. The van der Waals surface area contributed by atoms with Gasteiger partial charge < -0.3 is 0 Å². The lowest BCUT2D eigenvalue weighted by molar-refractivity contribution is 0.517. The van der Waals surface area contributed by atoms with Crippen molar-refractivity contribution >= 4 is 0 Å². The van der Waals surface area contributed by atoms with E-state index in [4.69, 9.17) is 0 Å². The van der Waals surface area contributed by atoms with Gasteiger partial charge in [0.15, 0.2) is 0 Å². The van der Waals surface area contributed by atoms with Crippen molar-refractivity contribution in [3.05, 3.63) is 0 Å². The molecule has 0 aromatic carbocycles. The quantitative estimate of drug-likeness (QED) is 0.460. The summed E-state index contributed by atoms with van der Waals surface area (Å²) < 4.78 is 0. The first-order valence-electron chi connectivity index (χ1n) is 2.37. The molecule has 0 radical (unpaired) electrons. The van der Waals surface area contributed by atoms with Crippen LogP contribution in [0.15, 0.2) is 0 Å². The first-order chi connectivity index (χ1) is 2.84. The maximum atomic E-state index is 3.11. The predicted molar refractivity (Wildman–Crippen MR) is 25.0 cm³/mol. The van der Waals surface area contributed by atoms with Crippen LogP contribution < -0.4 is 5.43 Å². The highest BCUT2D eigenvalue weighted by Crippen LogP contribution is 2.03. The van der Waals surface area contributed by atoms with Gasteiger partial charge in [0.2, 0.25) is 0 Å². The van der Waals surface area contributed by atoms with E-state index in [9.17, 15) is 0 Å². The van der Waals surface area contributed by atoms with Gasteiger partial charge in [0, 0.05) is 6.54 Å². The highest BCUT2D eigenvalue weighted by atomic mass is 15.7. The van der Waals surface area contributed by atoms with Crippen molar-refractivity contribution in [2.75, 3.05) is 6.54 Å². The summed E-state index contributed by atoms with van der Waals surface area (Å²) in [4.78, 5) is 0. The van der Waals surface area contributed by atoms with Gasteiger partial charge in [-0.25, -0.2) is 10.4 Å². The molecule has 1 N–H and O–H groups in total. The van der Waals surface area contributed by atoms with Crippen LogP contribution in [0, 0.1) is 0 Å². The van der Waals surface area contributed by atoms with E-state index >= 15 is 0 Å². The summed E-state index contributed by atoms with van der Waals surface area (Å²) in [7, 11) is 0. The van der Waals surface area contributed by atoms with Crippen LogP contribution >= 0.6 is 0 Å². The molecule has 0 aromatic heterocycles. The summed E-state index contributed by atoms with van der Waals surface area (Å²) in [5, 5.41) is 2.17. The molecule has 0 aromatic rings. The van der Waals surface area contributed by atoms with E-state index in [2.05, 4.69) is 24.3 Å². The molecule has 6 heavy (non-hydrogen) atoms. The minimum Gasteiger partial charge on any atom is -0.235 e. The third-order valence-corrected chi connectivity index (χ3v) is 1.09. The Morgan fingerprint density at radius 1 is 1.83 bits per heavy atom. The van der Waals surface area contributed by atoms with Gasteiger partial charge in [0.25, 0.3) is 0 Å². The Balaban J connectivity index is 2.09. The maximum Gasteiger partial charge on any atom is 0.0835 e. The fourth-order valence-corrected chi connectivity index (χ4v) is 0.572. The highest BCUT2D eigenvalue weighted by molar-refractivity contribution is 4.69. The van der Waals surface area contributed by atoms with Crippen LogP contribution in [-0.4, -0.2) is 17.7 Å². The van der Waals surface area contributed by atoms with Gasteiger partial charge in [-0.1, -0.05) is 6.92 Å². The fraction of sp³-hybridized carbons (Fsp3) is 1.00. The number of nitrogens with zero attached hydrogens (tertiary/aromatic N) is 1. The second-order valence-electron chi connectivity index (χ2n) is 1.59. The normalized spacial score (nSPS) is 43.0. The van der Waals surface area contributed by atoms with E-state index in [0.717, 1.165) is 6.54 Å². The van der Waals surface area contributed by atoms with Crippen LogP contribution in [0.5, 0.6) is 0 Å². The lowest BCUT2D eigenvalue weighted by Crippen LogP contribution is -1.97. The third kappa shape index (κ3) is 0.533. The van der Waals surface area contributed by atoms with Crippen LogP contribution in [-0.2, 0) is 0 Å². The molecule has 0 aliphatic carbocycles. The topological polar surface area (TPSA) is 25.0 Å². The molecular weight excluding hydrogens is 76.1 g/mol. The number of rotatable bonds is 1. The van der Waals surface area contributed by atoms with Gasteiger partial charge in [-0.2, -0.15) is 0 Å². The standard InChI is InChI=1S/C4H10N2/c1-3-6-4(2)5-6/h4-5H,3H2,1-2H3/t4-,6?/m1/s1. The number of hydrogen-bond acceptors (Lipinski definition) is 2. The molecule has 1 aliphatic heterocycles. The highest BCUT2D eigenvalue weighted by Gasteiger charge is 2.24. The van der Waals surface area contributed by atoms with Crippen molar-refractivity contribution in [3.63, 3.8) is 0 Å². The summed E-state index contributed by atoms with van der Waals surface area (Å²) in [6.45, 7) is 5.40. The Labute approximate surface area is 38.1 Å². The summed E-state index contributed by atoms with van der Waals surface area (Å²) >= 11 is 0. The fourth-order valence-electron chi connectivity index (χ4n) is 0.572. The summed E-state index contributed by atoms with van der Waals surface area (Å²) in [5.41, 5.74) is 3.11. The lowest BCUT2D eigenvalue weighted by atomic mass is 10.6. The van der Waals surface area contributed by atoms with E-state index in [0.29, 0.717) is 6.17 Å². The van der Waals surface area contributed by atoms with Crippen LogP contribution in [0.2, 0.25) is 0 Å². The molecule has 0 amide bonds. The number of hydrazine groups is 1. The molecule has 1 rings (SSSR count). The second-order valence-corrected chi connectivity index (χ2v) is 1.59. The summed E-state index contributed by atoms with van der Waals surface area (Å²) in [6, 6.07) is 0.